The van der Waals surface area contributed by atoms with Gasteiger partial charge < -0.3 is 19.5 Å². The molecular weight excluding hydrogens is 402 g/mol. The highest BCUT2D eigenvalue weighted by Gasteiger charge is 2.56. The molecule has 2 atom stereocenters. The summed E-state index contributed by atoms with van der Waals surface area (Å²) in [5, 5.41) is 1.11. The van der Waals surface area contributed by atoms with Gasteiger partial charge in [-0.05, 0) is 36.1 Å². The van der Waals surface area contributed by atoms with E-state index in [0.717, 1.165) is 34.1 Å². The highest BCUT2D eigenvalue weighted by molar-refractivity contribution is 6.01. The lowest BCUT2D eigenvalue weighted by Gasteiger charge is -2.51. The Hall–Kier alpha value is -3.12. The number of aromatic nitrogens is 1. The van der Waals surface area contributed by atoms with Crippen molar-refractivity contribution in [2.24, 2.45) is 0 Å². The highest BCUT2D eigenvalue weighted by Crippen LogP contribution is 2.48. The second-order valence-corrected chi connectivity index (χ2v) is 8.90. The van der Waals surface area contributed by atoms with Crippen molar-refractivity contribution in [3.8, 4) is 0 Å². The summed E-state index contributed by atoms with van der Waals surface area (Å²) in [6.45, 7) is 5.42. The molecule has 2 aromatic carbocycles. The largest absolute Gasteiger partial charge is 0.383 e. The van der Waals surface area contributed by atoms with Gasteiger partial charge in [-0.25, -0.2) is 0 Å². The zero-order chi connectivity index (χ0) is 22.5. The number of rotatable bonds is 5. The lowest BCUT2D eigenvalue weighted by molar-refractivity contribution is -0.166. The maximum atomic E-state index is 13.8. The van der Waals surface area contributed by atoms with Crippen molar-refractivity contribution in [2.45, 2.75) is 31.7 Å². The molecule has 1 fully saturated rings. The number of piperazine rings is 1. The van der Waals surface area contributed by atoms with Gasteiger partial charge in [0.15, 0.2) is 5.54 Å². The Balaban J connectivity index is 1.70. The molecule has 1 N–H and O–H groups in total. The molecule has 0 bridgehead atoms. The molecule has 1 aromatic heterocycles. The third-order valence-electron chi connectivity index (χ3n) is 7.17. The van der Waals surface area contributed by atoms with Gasteiger partial charge in [0.1, 0.15) is 0 Å². The standard InChI is InChI=1S/C26H29N3O3/c1-4-17-9-11-18(12-10-17)20-15-29-22(30)16-28(13-14-32-3)25(31)26(29,2)24-23(20)19-7-5-6-8-21(19)27-24/h5-12,20,27H,4,13-16H2,1-3H3. The lowest BCUT2D eigenvalue weighted by Crippen LogP contribution is -2.67. The number of hydrogen-bond donors (Lipinski definition) is 1. The van der Waals surface area contributed by atoms with Crippen LogP contribution in [0.4, 0.5) is 0 Å². The predicted octanol–water partition coefficient (Wildman–Crippen LogP) is 3.41. The van der Waals surface area contributed by atoms with Crippen molar-refractivity contribution >= 4 is 22.7 Å². The van der Waals surface area contributed by atoms with Gasteiger partial charge >= 0.3 is 0 Å². The Kier molecular flexibility index (Phi) is 5.05. The average molecular weight is 432 g/mol. The molecule has 0 radical (unpaired) electrons. The smallest absolute Gasteiger partial charge is 0.255 e. The van der Waals surface area contributed by atoms with Gasteiger partial charge in [0.25, 0.3) is 5.91 Å². The van der Waals surface area contributed by atoms with Crippen LogP contribution in [-0.2, 0) is 26.3 Å². The minimum Gasteiger partial charge on any atom is -0.383 e. The SMILES string of the molecule is CCc1ccc(C2CN3C(=O)CN(CCOC)C(=O)C3(C)c3[nH]c4ccccc4c32)cc1. The van der Waals surface area contributed by atoms with E-state index >= 15 is 0 Å². The van der Waals surface area contributed by atoms with E-state index < -0.39 is 5.54 Å². The molecular formula is C26H29N3O3. The maximum Gasteiger partial charge on any atom is 0.255 e. The van der Waals surface area contributed by atoms with Crippen LogP contribution in [0.3, 0.4) is 0 Å². The molecule has 2 aliphatic rings. The van der Waals surface area contributed by atoms with E-state index in [2.05, 4.69) is 42.2 Å². The van der Waals surface area contributed by atoms with Crippen LogP contribution in [0.15, 0.2) is 48.5 Å². The molecule has 3 aromatic rings. The van der Waals surface area contributed by atoms with E-state index in [4.69, 9.17) is 4.74 Å². The molecule has 0 aliphatic carbocycles. The van der Waals surface area contributed by atoms with E-state index in [1.165, 1.54) is 5.56 Å². The summed E-state index contributed by atoms with van der Waals surface area (Å²) >= 11 is 0. The minimum atomic E-state index is -1.06. The summed E-state index contributed by atoms with van der Waals surface area (Å²) in [6.07, 6.45) is 0.984. The van der Waals surface area contributed by atoms with Crippen LogP contribution in [-0.4, -0.2) is 59.9 Å². The van der Waals surface area contributed by atoms with Crippen molar-refractivity contribution < 1.29 is 14.3 Å². The predicted molar refractivity (Wildman–Crippen MR) is 123 cm³/mol. The van der Waals surface area contributed by atoms with Gasteiger partial charge in [0.05, 0.1) is 18.8 Å². The van der Waals surface area contributed by atoms with E-state index in [9.17, 15) is 9.59 Å². The molecule has 0 spiro atoms. The third-order valence-corrected chi connectivity index (χ3v) is 7.17. The fourth-order valence-corrected chi connectivity index (χ4v) is 5.34. The summed E-state index contributed by atoms with van der Waals surface area (Å²) in [4.78, 5) is 34.0. The number of nitrogens with zero attached hydrogens (tertiary/aromatic N) is 2. The second-order valence-electron chi connectivity index (χ2n) is 8.90. The van der Waals surface area contributed by atoms with Crippen LogP contribution < -0.4 is 0 Å². The molecule has 166 valence electrons. The van der Waals surface area contributed by atoms with E-state index in [-0.39, 0.29) is 24.3 Å². The van der Waals surface area contributed by atoms with E-state index in [1.807, 2.05) is 25.1 Å². The summed E-state index contributed by atoms with van der Waals surface area (Å²) < 4.78 is 5.18. The van der Waals surface area contributed by atoms with Crippen LogP contribution in [0, 0.1) is 0 Å². The zero-order valence-electron chi connectivity index (χ0n) is 18.9. The summed E-state index contributed by atoms with van der Waals surface area (Å²) in [7, 11) is 1.61. The summed E-state index contributed by atoms with van der Waals surface area (Å²) in [5.74, 6) is -0.0770. The number of fused-ring (bicyclic) bond motifs is 5. The normalized spacial score (nSPS) is 22.9. The Bertz CT molecular complexity index is 1180. The van der Waals surface area contributed by atoms with Crippen molar-refractivity contribution in [2.75, 3.05) is 33.4 Å². The van der Waals surface area contributed by atoms with Gasteiger partial charge in [-0.2, -0.15) is 0 Å². The molecule has 5 rings (SSSR count). The molecule has 32 heavy (non-hydrogen) atoms. The number of carbonyl (C=O) groups is 2. The van der Waals surface area contributed by atoms with Crippen LogP contribution in [0.2, 0.25) is 0 Å². The van der Waals surface area contributed by atoms with Gasteiger partial charge in [0.2, 0.25) is 5.91 Å². The number of amides is 2. The van der Waals surface area contributed by atoms with Gasteiger partial charge in [-0.1, -0.05) is 49.4 Å². The number of methoxy groups -OCH3 is 1. The highest BCUT2D eigenvalue weighted by atomic mass is 16.5. The molecule has 2 amide bonds. The van der Waals surface area contributed by atoms with Crippen LogP contribution in [0.5, 0.6) is 0 Å². The molecule has 2 aliphatic heterocycles. The number of nitrogens with one attached hydrogen (secondary N) is 1. The molecule has 2 unspecified atom stereocenters. The molecule has 6 nitrogen and oxygen atoms in total. The fraction of sp³-hybridized carbons (Fsp3) is 0.385. The summed E-state index contributed by atoms with van der Waals surface area (Å²) in [6, 6.07) is 16.8. The summed E-state index contributed by atoms with van der Waals surface area (Å²) in [5.41, 5.74) is 4.33. The molecule has 6 heteroatoms. The van der Waals surface area contributed by atoms with Crippen LogP contribution in [0.25, 0.3) is 10.9 Å². The third kappa shape index (κ3) is 2.97. The monoisotopic (exact) mass is 431 g/mol. The first-order valence-corrected chi connectivity index (χ1v) is 11.3. The van der Waals surface area contributed by atoms with E-state index in [1.54, 1.807) is 16.9 Å². The number of para-hydroxylation sites is 1. The average Bonchev–Trinajstić information content (AvgIpc) is 3.21. The molecule has 0 saturated carbocycles. The number of H-pyrrole nitrogens is 1. The first-order valence-electron chi connectivity index (χ1n) is 11.3. The second kappa shape index (κ2) is 7.78. The van der Waals surface area contributed by atoms with Gasteiger partial charge in [0, 0.05) is 37.0 Å². The van der Waals surface area contributed by atoms with Gasteiger partial charge in [-0.15, -0.1) is 0 Å². The van der Waals surface area contributed by atoms with E-state index in [0.29, 0.717) is 19.7 Å². The van der Waals surface area contributed by atoms with Crippen molar-refractivity contribution in [1.82, 2.24) is 14.8 Å². The van der Waals surface area contributed by atoms with Crippen LogP contribution >= 0.6 is 0 Å². The van der Waals surface area contributed by atoms with Crippen molar-refractivity contribution in [3.05, 3.63) is 70.9 Å². The van der Waals surface area contributed by atoms with Crippen LogP contribution in [0.1, 0.15) is 42.1 Å². The first-order chi connectivity index (χ1) is 15.5. The number of ether oxygens (including phenoxy) is 1. The number of hydrogen-bond acceptors (Lipinski definition) is 3. The number of benzene rings is 2. The maximum absolute atomic E-state index is 13.8. The fourth-order valence-electron chi connectivity index (χ4n) is 5.34. The minimum absolute atomic E-state index is 0.00223. The zero-order valence-corrected chi connectivity index (χ0v) is 18.9. The lowest BCUT2D eigenvalue weighted by atomic mass is 9.76. The Morgan fingerprint density at radius 2 is 1.88 bits per heavy atom. The Morgan fingerprint density at radius 3 is 2.59 bits per heavy atom. The Labute approximate surface area is 188 Å². The molecule has 3 heterocycles. The first kappa shape index (κ1) is 20.8. The quantitative estimate of drug-likeness (QED) is 0.673. The molecule has 1 saturated heterocycles. The van der Waals surface area contributed by atoms with Crippen molar-refractivity contribution in [1.29, 1.82) is 0 Å². The van der Waals surface area contributed by atoms with Crippen molar-refractivity contribution in [3.63, 3.8) is 0 Å². The number of carbonyl (C=O) groups excluding carboxylic acids is 2. The number of aryl methyl sites for hydroxylation is 1. The topological polar surface area (TPSA) is 65.6 Å². The number of aromatic amines is 1. The Morgan fingerprint density at radius 1 is 1.12 bits per heavy atom. The van der Waals surface area contributed by atoms with Gasteiger partial charge in [-0.3, -0.25) is 9.59 Å².